The van der Waals surface area contributed by atoms with Gasteiger partial charge >= 0.3 is 5.97 Å². The van der Waals surface area contributed by atoms with Crippen LogP contribution >= 0.6 is 0 Å². The summed E-state index contributed by atoms with van der Waals surface area (Å²) in [6, 6.07) is 24.0. The van der Waals surface area contributed by atoms with Crippen LogP contribution in [0.3, 0.4) is 0 Å². The minimum atomic E-state index is -0.330. The largest absolute Gasteiger partial charge is 0.423 e. The lowest BCUT2D eigenvalue weighted by atomic mass is 10.0. The highest BCUT2D eigenvalue weighted by Gasteiger charge is 2.09. The Kier molecular flexibility index (Phi) is 7.63. The second-order valence-electron chi connectivity index (χ2n) is 7.47. The molecule has 0 unspecified atom stereocenters. The number of unbranched alkanes of at least 4 members (excludes halogenated alkanes) is 3. The topological polar surface area (TPSA) is 26.3 Å². The molecule has 0 aliphatic rings. The summed E-state index contributed by atoms with van der Waals surface area (Å²) in [4.78, 5) is 12.4. The van der Waals surface area contributed by atoms with E-state index in [1.54, 1.807) is 0 Å². The predicted molar refractivity (Wildman–Crippen MR) is 121 cm³/mol. The highest BCUT2D eigenvalue weighted by molar-refractivity contribution is 5.91. The fraction of sp³-hybridized carbons (Fsp3) is 0.296. The fourth-order valence-electron chi connectivity index (χ4n) is 3.38. The van der Waals surface area contributed by atoms with E-state index < -0.39 is 0 Å². The Morgan fingerprint density at radius 2 is 1.28 bits per heavy atom. The molecular formula is C27H30O2. The maximum atomic E-state index is 12.4. The van der Waals surface area contributed by atoms with Crippen molar-refractivity contribution in [2.24, 2.45) is 0 Å². The Morgan fingerprint density at radius 3 is 1.86 bits per heavy atom. The van der Waals surface area contributed by atoms with Crippen molar-refractivity contribution in [3.8, 4) is 16.9 Å². The van der Waals surface area contributed by atoms with Gasteiger partial charge in [-0.05, 0) is 65.8 Å². The molecular weight excluding hydrogens is 356 g/mol. The Hall–Kier alpha value is -2.87. The van der Waals surface area contributed by atoms with Gasteiger partial charge in [-0.2, -0.15) is 0 Å². The molecule has 0 bridgehead atoms. The number of esters is 1. The summed E-state index contributed by atoms with van der Waals surface area (Å²) in [7, 11) is 0. The molecule has 0 heterocycles. The summed E-state index contributed by atoms with van der Waals surface area (Å²) in [5, 5.41) is 0. The summed E-state index contributed by atoms with van der Waals surface area (Å²) >= 11 is 0. The number of hydrogen-bond acceptors (Lipinski definition) is 2. The standard InChI is InChI=1S/C27H30O2/c1-3-5-6-7-8-22-9-13-23(14-10-22)24-15-17-25(18-16-24)27(28)29-26-19-11-21(4-2)12-20-26/h9-20H,3-8H2,1-2H3. The van der Waals surface area contributed by atoms with Gasteiger partial charge in [0.1, 0.15) is 5.75 Å². The predicted octanol–water partition coefficient (Wildman–Crippen LogP) is 7.26. The molecule has 3 aromatic rings. The van der Waals surface area contributed by atoms with Crippen molar-refractivity contribution < 1.29 is 9.53 Å². The van der Waals surface area contributed by atoms with Crippen LogP contribution in [0.15, 0.2) is 72.8 Å². The number of carbonyl (C=O) groups excluding carboxylic acids is 1. The summed E-state index contributed by atoms with van der Waals surface area (Å²) < 4.78 is 5.48. The average molecular weight is 387 g/mol. The van der Waals surface area contributed by atoms with E-state index in [0.717, 1.165) is 24.0 Å². The van der Waals surface area contributed by atoms with Gasteiger partial charge in [0, 0.05) is 0 Å². The molecule has 2 nitrogen and oxygen atoms in total. The van der Waals surface area contributed by atoms with Crippen LogP contribution in [0.2, 0.25) is 0 Å². The maximum absolute atomic E-state index is 12.4. The van der Waals surface area contributed by atoms with Gasteiger partial charge in [-0.15, -0.1) is 0 Å². The van der Waals surface area contributed by atoms with Crippen molar-refractivity contribution in [2.75, 3.05) is 0 Å². The highest BCUT2D eigenvalue weighted by Crippen LogP contribution is 2.22. The highest BCUT2D eigenvalue weighted by atomic mass is 16.5. The van der Waals surface area contributed by atoms with E-state index in [1.807, 2.05) is 48.5 Å². The van der Waals surface area contributed by atoms with Crippen LogP contribution in [0.1, 0.15) is 61.0 Å². The molecule has 0 radical (unpaired) electrons. The summed E-state index contributed by atoms with van der Waals surface area (Å²) in [6.45, 7) is 4.34. The molecule has 150 valence electrons. The van der Waals surface area contributed by atoms with Crippen molar-refractivity contribution in [2.45, 2.75) is 52.4 Å². The van der Waals surface area contributed by atoms with Crippen molar-refractivity contribution in [3.05, 3.63) is 89.5 Å². The fourth-order valence-corrected chi connectivity index (χ4v) is 3.38. The molecule has 0 atom stereocenters. The quantitative estimate of drug-likeness (QED) is 0.220. The number of hydrogen-bond donors (Lipinski definition) is 0. The van der Waals surface area contributed by atoms with E-state index in [4.69, 9.17) is 4.74 Å². The number of rotatable bonds is 9. The molecule has 3 rings (SSSR count). The molecule has 0 aliphatic heterocycles. The third-order valence-electron chi connectivity index (χ3n) is 5.27. The minimum Gasteiger partial charge on any atom is -0.423 e. The van der Waals surface area contributed by atoms with Gasteiger partial charge in [0.15, 0.2) is 0 Å². The first kappa shape index (κ1) is 20.9. The lowest BCUT2D eigenvalue weighted by molar-refractivity contribution is 0.0735. The van der Waals surface area contributed by atoms with E-state index in [-0.39, 0.29) is 5.97 Å². The molecule has 0 aliphatic carbocycles. The first-order valence-corrected chi connectivity index (χ1v) is 10.7. The average Bonchev–Trinajstić information content (AvgIpc) is 2.78. The monoisotopic (exact) mass is 386 g/mol. The maximum Gasteiger partial charge on any atom is 0.343 e. The summed E-state index contributed by atoms with van der Waals surface area (Å²) in [5.41, 5.74) is 5.44. The van der Waals surface area contributed by atoms with Crippen LogP contribution in [0, 0.1) is 0 Å². The van der Waals surface area contributed by atoms with Gasteiger partial charge in [-0.1, -0.05) is 81.6 Å². The Labute approximate surface area is 174 Å². The first-order valence-electron chi connectivity index (χ1n) is 10.7. The molecule has 0 fully saturated rings. The van der Waals surface area contributed by atoms with Crippen molar-refractivity contribution in [3.63, 3.8) is 0 Å². The van der Waals surface area contributed by atoms with Crippen molar-refractivity contribution >= 4 is 5.97 Å². The zero-order valence-corrected chi connectivity index (χ0v) is 17.5. The Bertz CT molecular complexity index is 891. The molecule has 3 aromatic carbocycles. The number of benzene rings is 3. The second kappa shape index (κ2) is 10.6. The van der Waals surface area contributed by atoms with Crippen molar-refractivity contribution in [1.29, 1.82) is 0 Å². The molecule has 2 heteroatoms. The molecule has 0 amide bonds. The van der Waals surface area contributed by atoms with E-state index in [1.165, 1.54) is 36.8 Å². The first-order chi connectivity index (χ1) is 14.2. The molecule has 0 N–H and O–H groups in total. The Balaban J connectivity index is 1.59. The van der Waals surface area contributed by atoms with E-state index >= 15 is 0 Å². The minimum absolute atomic E-state index is 0.330. The zero-order valence-electron chi connectivity index (χ0n) is 17.5. The van der Waals surface area contributed by atoms with Gasteiger partial charge in [0.05, 0.1) is 5.56 Å². The third kappa shape index (κ3) is 6.05. The molecule has 29 heavy (non-hydrogen) atoms. The zero-order chi connectivity index (χ0) is 20.5. The van der Waals surface area contributed by atoms with Gasteiger partial charge in [-0.3, -0.25) is 0 Å². The van der Waals surface area contributed by atoms with Gasteiger partial charge in [0.25, 0.3) is 0 Å². The van der Waals surface area contributed by atoms with Gasteiger partial charge in [-0.25, -0.2) is 4.79 Å². The SMILES string of the molecule is CCCCCCc1ccc(-c2ccc(C(=O)Oc3ccc(CC)cc3)cc2)cc1. The summed E-state index contributed by atoms with van der Waals surface area (Å²) in [5.74, 6) is 0.244. The number of aryl methyl sites for hydroxylation is 2. The van der Waals surface area contributed by atoms with E-state index in [9.17, 15) is 4.79 Å². The van der Waals surface area contributed by atoms with Crippen molar-refractivity contribution in [1.82, 2.24) is 0 Å². The van der Waals surface area contributed by atoms with Crippen LogP contribution in [0.5, 0.6) is 5.75 Å². The molecule has 0 saturated heterocycles. The summed E-state index contributed by atoms with van der Waals surface area (Å²) in [6.07, 6.45) is 7.26. The molecule has 0 saturated carbocycles. The van der Waals surface area contributed by atoms with Gasteiger partial charge in [0.2, 0.25) is 0 Å². The van der Waals surface area contributed by atoms with Crippen LogP contribution in [0.25, 0.3) is 11.1 Å². The van der Waals surface area contributed by atoms with Gasteiger partial charge < -0.3 is 4.74 Å². The van der Waals surface area contributed by atoms with Crippen LogP contribution < -0.4 is 4.74 Å². The normalized spacial score (nSPS) is 10.7. The van der Waals surface area contributed by atoms with Crippen LogP contribution in [-0.2, 0) is 12.8 Å². The number of ether oxygens (including phenoxy) is 1. The van der Waals surface area contributed by atoms with E-state index in [0.29, 0.717) is 11.3 Å². The molecule has 0 spiro atoms. The lowest BCUT2D eigenvalue weighted by Crippen LogP contribution is -2.08. The lowest BCUT2D eigenvalue weighted by Gasteiger charge is -2.07. The second-order valence-corrected chi connectivity index (χ2v) is 7.47. The smallest absolute Gasteiger partial charge is 0.343 e. The number of carbonyl (C=O) groups is 1. The Morgan fingerprint density at radius 1 is 0.690 bits per heavy atom. The third-order valence-corrected chi connectivity index (χ3v) is 5.27. The van der Waals surface area contributed by atoms with Crippen LogP contribution in [0.4, 0.5) is 0 Å². The van der Waals surface area contributed by atoms with E-state index in [2.05, 4.69) is 38.1 Å². The molecule has 0 aromatic heterocycles. The van der Waals surface area contributed by atoms with Crippen LogP contribution in [-0.4, -0.2) is 5.97 Å².